The number of aliphatic hydroxyl groups is 1. The van der Waals surface area contributed by atoms with E-state index in [0.717, 1.165) is 29.9 Å². The Bertz CT molecular complexity index is 1060. The van der Waals surface area contributed by atoms with Gasteiger partial charge in [-0.05, 0) is 30.7 Å². The second-order valence-electron chi connectivity index (χ2n) is 6.52. The quantitative estimate of drug-likeness (QED) is 0.282. The monoisotopic (exact) mass is 394 g/mol. The van der Waals surface area contributed by atoms with Gasteiger partial charge in [0, 0.05) is 23.6 Å². The number of halogens is 1. The van der Waals surface area contributed by atoms with E-state index in [1.165, 1.54) is 12.1 Å². The zero-order valence-electron chi connectivity index (χ0n) is 15.9. The molecule has 2 aromatic carbocycles. The van der Waals surface area contributed by atoms with Crippen molar-refractivity contribution < 1.29 is 28.2 Å². The standard InChI is InChI=1S/C23H19FO5/c1-14-3-7-16(8-4-14)21-12-17(11-15-5-9-18(24)10-6-15)22(29-21)19(25)13-20(26)23(27)28-2/h3-10,12-13,26H,11H2,1-2H3. The lowest BCUT2D eigenvalue weighted by atomic mass is 10.0. The Morgan fingerprint density at radius 3 is 2.38 bits per heavy atom. The summed E-state index contributed by atoms with van der Waals surface area (Å²) < 4.78 is 23.4. The lowest BCUT2D eigenvalue weighted by Gasteiger charge is -2.01. The fourth-order valence-electron chi connectivity index (χ4n) is 2.80. The smallest absolute Gasteiger partial charge is 0.373 e. The Labute approximate surface area is 167 Å². The predicted molar refractivity (Wildman–Crippen MR) is 105 cm³/mol. The molecule has 0 aliphatic rings. The highest BCUT2D eigenvalue weighted by molar-refractivity contribution is 6.07. The molecular formula is C23H19FO5. The van der Waals surface area contributed by atoms with Crippen LogP contribution in [0.2, 0.25) is 0 Å². The summed E-state index contributed by atoms with van der Waals surface area (Å²) in [4.78, 5) is 24.0. The molecule has 0 aliphatic heterocycles. The van der Waals surface area contributed by atoms with E-state index in [1.807, 2.05) is 31.2 Å². The van der Waals surface area contributed by atoms with E-state index >= 15 is 0 Å². The Balaban J connectivity index is 2.01. The van der Waals surface area contributed by atoms with Crippen LogP contribution in [0, 0.1) is 12.7 Å². The summed E-state index contributed by atoms with van der Waals surface area (Å²) in [7, 11) is 1.10. The summed E-state index contributed by atoms with van der Waals surface area (Å²) in [6.07, 6.45) is 1.07. The van der Waals surface area contributed by atoms with Crippen molar-refractivity contribution in [2.75, 3.05) is 7.11 Å². The third-order valence-electron chi connectivity index (χ3n) is 4.34. The molecule has 148 valence electrons. The maximum absolute atomic E-state index is 13.2. The first-order valence-electron chi connectivity index (χ1n) is 8.85. The van der Waals surface area contributed by atoms with Crippen LogP contribution in [0.4, 0.5) is 4.39 Å². The van der Waals surface area contributed by atoms with E-state index in [0.29, 0.717) is 17.7 Å². The first kappa shape index (κ1) is 20.1. The first-order chi connectivity index (χ1) is 13.9. The summed E-state index contributed by atoms with van der Waals surface area (Å²) in [5.41, 5.74) is 3.18. The lowest BCUT2D eigenvalue weighted by Crippen LogP contribution is -2.07. The summed E-state index contributed by atoms with van der Waals surface area (Å²) in [5, 5.41) is 9.70. The fourth-order valence-corrected chi connectivity index (χ4v) is 2.80. The maximum Gasteiger partial charge on any atom is 0.373 e. The maximum atomic E-state index is 13.2. The van der Waals surface area contributed by atoms with Crippen molar-refractivity contribution >= 4 is 11.8 Å². The molecule has 3 aromatic rings. The SMILES string of the molecule is COC(=O)C(O)=CC(=O)c1oc(-c2ccc(C)cc2)cc1Cc1ccc(F)cc1. The Morgan fingerprint density at radius 2 is 1.76 bits per heavy atom. The molecule has 1 heterocycles. The van der Waals surface area contributed by atoms with Gasteiger partial charge in [0.05, 0.1) is 7.11 Å². The molecule has 0 unspecified atom stereocenters. The number of ether oxygens (including phenoxy) is 1. The van der Waals surface area contributed by atoms with E-state index in [1.54, 1.807) is 18.2 Å². The number of allylic oxidation sites excluding steroid dienone is 1. The summed E-state index contributed by atoms with van der Waals surface area (Å²) >= 11 is 0. The third kappa shape index (κ3) is 4.79. The van der Waals surface area contributed by atoms with Crippen LogP contribution < -0.4 is 0 Å². The van der Waals surface area contributed by atoms with Gasteiger partial charge in [0.2, 0.25) is 11.5 Å². The van der Waals surface area contributed by atoms with Crippen molar-refractivity contribution in [3.8, 4) is 11.3 Å². The van der Waals surface area contributed by atoms with Crippen LogP contribution in [0.25, 0.3) is 11.3 Å². The van der Waals surface area contributed by atoms with Crippen LogP contribution in [-0.4, -0.2) is 24.0 Å². The Hall–Kier alpha value is -3.67. The number of carbonyl (C=O) groups excluding carboxylic acids is 2. The highest BCUT2D eigenvalue weighted by Gasteiger charge is 2.20. The number of esters is 1. The van der Waals surface area contributed by atoms with Gasteiger partial charge in [-0.2, -0.15) is 0 Å². The molecule has 29 heavy (non-hydrogen) atoms. The molecule has 0 fully saturated rings. The molecule has 0 aliphatic carbocycles. The van der Waals surface area contributed by atoms with Crippen molar-refractivity contribution in [1.29, 1.82) is 0 Å². The topological polar surface area (TPSA) is 76.7 Å². The minimum Gasteiger partial charge on any atom is -0.502 e. The van der Waals surface area contributed by atoms with Crippen LogP contribution >= 0.6 is 0 Å². The molecule has 6 heteroatoms. The van der Waals surface area contributed by atoms with Gasteiger partial charge in [0.15, 0.2) is 5.76 Å². The summed E-state index contributed by atoms with van der Waals surface area (Å²) in [5.74, 6) is -2.43. The molecule has 0 saturated heterocycles. The van der Waals surface area contributed by atoms with Crippen LogP contribution in [0.5, 0.6) is 0 Å². The number of rotatable bonds is 6. The fraction of sp³-hybridized carbons (Fsp3) is 0.130. The van der Waals surface area contributed by atoms with Gasteiger partial charge in [-0.15, -0.1) is 0 Å². The summed E-state index contributed by atoms with van der Waals surface area (Å²) in [6.45, 7) is 1.96. The van der Waals surface area contributed by atoms with Crippen molar-refractivity contribution in [1.82, 2.24) is 0 Å². The van der Waals surface area contributed by atoms with E-state index in [2.05, 4.69) is 4.74 Å². The van der Waals surface area contributed by atoms with Gasteiger partial charge >= 0.3 is 5.97 Å². The number of aliphatic hydroxyl groups excluding tert-OH is 1. The van der Waals surface area contributed by atoms with Gasteiger partial charge in [-0.1, -0.05) is 42.0 Å². The number of hydrogen-bond donors (Lipinski definition) is 1. The largest absolute Gasteiger partial charge is 0.502 e. The molecule has 0 radical (unpaired) electrons. The van der Waals surface area contributed by atoms with Crippen LogP contribution in [-0.2, 0) is 16.0 Å². The van der Waals surface area contributed by atoms with Gasteiger partial charge in [0.1, 0.15) is 11.6 Å². The predicted octanol–water partition coefficient (Wildman–Crippen LogP) is 4.78. The molecule has 0 saturated carbocycles. The molecule has 1 aromatic heterocycles. The second kappa shape index (κ2) is 8.56. The average Bonchev–Trinajstić information content (AvgIpc) is 3.13. The molecule has 0 amide bonds. The average molecular weight is 394 g/mol. The highest BCUT2D eigenvalue weighted by Crippen LogP contribution is 2.28. The molecular weight excluding hydrogens is 375 g/mol. The van der Waals surface area contributed by atoms with E-state index in [-0.39, 0.29) is 11.6 Å². The number of benzene rings is 2. The normalized spacial score (nSPS) is 11.3. The molecule has 0 bridgehead atoms. The molecule has 1 N–H and O–H groups in total. The number of hydrogen-bond acceptors (Lipinski definition) is 5. The number of carbonyl (C=O) groups is 2. The zero-order valence-corrected chi connectivity index (χ0v) is 15.9. The Morgan fingerprint density at radius 1 is 1.10 bits per heavy atom. The number of furan rings is 1. The van der Waals surface area contributed by atoms with Gasteiger partial charge in [-0.25, -0.2) is 9.18 Å². The van der Waals surface area contributed by atoms with Crippen molar-refractivity contribution in [3.63, 3.8) is 0 Å². The van der Waals surface area contributed by atoms with Crippen LogP contribution in [0.3, 0.4) is 0 Å². The van der Waals surface area contributed by atoms with E-state index in [4.69, 9.17) is 4.42 Å². The van der Waals surface area contributed by atoms with Gasteiger partial charge in [0.25, 0.3) is 0 Å². The highest BCUT2D eigenvalue weighted by atomic mass is 19.1. The second-order valence-corrected chi connectivity index (χ2v) is 6.52. The number of aryl methyl sites for hydroxylation is 1. The lowest BCUT2D eigenvalue weighted by molar-refractivity contribution is -0.139. The molecule has 5 nitrogen and oxygen atoms in total. The van der Waals surface area contributed by atoms with Crippen molar-refractivity contribution in [2.45, 2.75) is 13.3 Å². The third-order valence-corrected chi connectivity index (χ3v) is 4.34. The molecule has 0 atom stereocenters. The van der Waals surface area contributed by atoms with Crippen LogP contribution in [0.1, 0.15) is 27.2 Å². The van der Waals surface area contributed by atoms with Gasteiger partial charge in [-0.3, -0.25) is 4.79 Å². The zero-order chi connectivity index (χ0) is 21.0. The minimum absolute atomic E-state index is 0.0136. The number of ketones is 1. The van der Waals surface area contributed by atoms with E-state index < -0.39 is 17.5 Å². The first-order valence-corrected chi connectivity index (χ1v) is 8.85. The van der Waals surface area contributed by atoms with Crippen molar-refractivity contribution in [2.24, 2.45) is 0 Å². The van der Waals surface area contributed by atoms with Crippen LogP contribution in [0.15, 0.2) is 70.8 Å². The summed E-state index contributed by atoms with van der Waals surface area (Å²) in [6, 6.07) is 15.2. The van der Waals surface area contributed by atoms with E-state index in [9.17, 15) is 19.1 Å². The molecule has 3 rings (SSSR count). The Kier molecular flexibility index (Phi) is 5.93. The van der Waals surface area contributed by atoms with Gasteiger partial charge < -0.3 is 14.3 Å². The van der Waals surface area contributed by atoms with Crippen molar-refractivity contribution in [3.05, 3.63) is 94.7 Å². The number of methoxy groups -OCH3 is 1. The minimum atomic E-state index is -1.02. The molecule has 0 spiro atoms.